The van der Waals surface area contributed by atoms with E-state index in [-0.39, 0.29) is 16.8 Å². The second-order valence-corrected chi connectivity index (χ2v) is 7.91. The average molecular weight is 443 g/mol. The van der Waals surface area contributed by atoms with Crippen LogP contribution >= 0.6 is 0 Å². The van der Waals surface area contributed by atoms with Crippen LogP contribution in [0.5, 0.6) is 0 Å². The number of non-ortho nitro benzene ring substituents is 1. The van der Waals surface area contributed by atoms with Gasteiger partial charge in [0.15, 0.2) is 0 Å². The van der Waals surface area contributed by atoms with Gasteiger partial charge in [-0.25, -0.2) is 0 Å². The van der Waals surface area contributed by atoms with Crippen LogP contribution in [0, 0.1) is 10.1 Å². The molecular weight excluding hydrogens is 422 g/mol. The number of Topliss-reactive ketones (excluding diaryl/α,β-unsaturated/α-hetero) is 1. The lowest BCUT2D eigenvalue weighted by Crippen LogP contribution is -3.00. The van der Waals surface area contributed by atoms with E-state index in [4.69, 9.17) is 0 Å². The third-order valence-electron chi connectivity index (χ3n) is 5.59. The van der Waals surface area contributed by atoms with Crippen molar-refractivity contribution in [2.24, 2.45) is 0 Å². The monoisotopic (exact) mass is 443 g/mol. The molecule has 0 bridgehead atoms. The van der Waals surface area contributed by atoms with E-state index in [1.54, 1.807) is 48.5 Å². The van der Waals surface area contributed by atoms with E-state index in [1.807, 2.05) is 26.2 Å². The number of ketones is 1. The summed E-state index contributed by atoms with van der Waals surface area (Å²) in [6.45, 7) is 0. The molecule has 1 N–H and O–H groups in total. The van der Waals surface area contributed by atoms with Crippen LogP contribution in [0.1, 0.15) is 17.2 Å². The van der Waals surface area contributed by atoms with Crippen LogP contribution in [-0.2, 0) is 9.59 Å². The van der Waals surface area contributed by atoms with Crippen molar-refractivity contribution in [3.63, 3.8) is 0 Å². The molecule has 1 atom stereocenters. The highest BCUT2D eigenvalue weighted by Crippen LogP contribution is 2.42. The molecule has 1 aliphatic heterocycles. The summed E-state index contributed by atoms with van der Waals surface area (Å²) in [7, 11) is 3.91. The maximum absolute atomic E-state index is 13.4. The third-order valence-corrected chi connectivity index (χ3v) is 5.59. The van der Waals surface area contributed by atoms with Gasteiger partial charge in [-0.05, 0) is 23.3 Å². The number of amides is 1. The number of anilines is 1. The lowest BCUT2D eigenvalue weighted by molar-refractivity contribution is -0.786. The summed E-state index contributed by atoms with van der Waals surface area (Å²) >= 11 is 0. The number of hydrogen-bond acceptors (Lipinski definition) is 5. The zero-order valence-corrected chi connectivity index (χ0v) is 18.0. The summed E-state index contributed by atoms with van der Waals surface area (Å²) in [6.07, 6.45) is 0. The third kappa shape index (κ3) is 3.99. The number of carbonyl (C=O) groups excluding carboxylic acids is 2. The molecule has 3 aromatic carbocycles. The van der Waals surface area contributed by atoms with Gasteiger partial charge in [0.1, 0.15) is 5.69 Å². The van der Waals surface area contributed by atoms with Crippen LogP contribution in [0.4, 0.5) is 17.1 Å². The fourth-order valence-corrected chi connectivity index (χ4v) is 3.91. The van der Waals surface area contributed by atoms with Gasteiger partial charge in [-0.2, -0.15) is 0 Å². The zero-order chi connectivity index (χ0) is 23.7. The van der Waals surface area contributed by atoms with Crippen molar-refractivity contribution < 1.29 is 24.5 Å². The fourth-order valence-electron chi connectivity index (χ4n) is 3.91. The van der Waals surface area contributed by atoms with Gasteiger partial charge in [-0.1, -0.05) is 48.2 Å². The van der Waals surface area contributed by atoms with Gasteiger partial charge in [0, 0.05) is 35.5 Å². The molecule has 0 aliphatic carbocycles. The van der Waals surface area contributed by atoms with Crippen LogP contribution in [0.15, 0.2) is 84.4 Å². The van der Waals surface area contributed by atoms with Crippen molar-refractivity contribution in [1.82, 2.24) is 0 Å². The first-order chi connectivity index (χ1) is 15.8. The second kappa shape index (κ2) is 8.68. The van der Waals surface area contributed by atoms with Crippen molar-refractivity contribution in [3.8, 4) is 0 Å². The van der Waals surface area contributed by atoms with Crippen molar-refractivity contribution in [2.45, 2.75) is 6.04 Å². The quantitative estimate of drug-likeness (QED) is 0.213. The molecule has 1 saturated heterocycles. The molecule has 8 nitrogen and oxygen atoms in total. The number of nitro groups is 1. The van der Waals surface area contributed by atoms with Gasteiger partial charge < -0.3 is 10.0 Å². The first-order valence-electron chi connectivity index (χ1n) is 10.3. The Morgan fingerprint density at radius 3 is 2.21 bits per heavy atom. The van der Waals surface area contributed by atoms with E-state index in [9.17, 15) is 24.8 Å². The largest absolute Gasteiger partial charge is 0.872 e. The second-order valence-electron chi connectivity index (χ2n) is 7.91. The van der Waals surface area contributed by atoms with Crippen molar-refractivity contribution >= 4 is 34.5 Å². The van der Waals surface area contributed by atoms with Gasteiger partial charge >= 0.3 is 0 Å². The Bertz CT molecular complexity index is 1270. The van der Waals surface area contributed by atoms with Crippen LogP contribution in [-0.4, -0.2) is 30.7 Å². The molecule has 8 heteroatoms. The Balaban J connectivity index is 1.94. The van der Waals surface area contributed by atoms with Gasteiger partial charge in [0.25, 0.3) is 11.6 Å². The minimum atomic E-state index is -1.09. The number of hydrogen-bond donors (Lipinski definition) is 1. The summed E-state index contributed by atoms with van der Waals surface area (Å²) in [5.41, 5.74) is 1.53. The Morgan fingerprint density at radius 1 is 0.939 bits per heavy atom. The predicted molar refractivity (Wildman–Crippen MR) is 121 cm³/mol. The average Bonchev–Trinajstić information content (AvgIpc) is 3.09. The van der Waals surface area contributed by atoms with Crippen molar-refractivity contribution in [1.29, 1.82) is 0 Å². The number of rotatable bonds is 5. The highest BCUT2D eigenvalue weighted by atomic mass is 16.6. The molecule has 1 unspecified atom stereocenters. The minimum Gasteiger partial charge on any atom is -0.872 e. The molecule has 0 radical (unpaired) electrons. The van der Waals surface area contributed by atoms with Gasteiger partial charge in [0.05, 0.1) is 25.1 Å². The first-order valence-corrected chi connectivity index (χ1v) is 10.3. The number of benzene rings is 3. The minimum absolute atomic E-state index is 0.197. The summed E-state index contributed by atoms with van der Waals surface area (Å²) in [6, 6.07) is 19.8. The molecular formula is C25H21N3O5. The Morgan fingerprint density at radius 2 is 1.61 bits per heavy atom. The van der Waals surface area contributed by atoms with Crippen LogP contribution < -0.4 is 14.9 Å². The molecule has 1 amide bonds. The lowest BCUT2D eigenvalue weighted by Gasteiger charge is -2.27. The van der Waals surface area contributed by atoms with E-state index in [1.165, 1.54) is 23.1 Å². The fraction of sp³-hybridized carbons (Fsp3) is 0.120. The molecule has 0 saturated carbocycles. The maximum Gasteiger partial charge on any atom is 0.299 e. The number of carbonyl (C=O) groups is 2. The number of nitrogens with one attached hydrogen (secondary N) is 1. The Hall–Kier alpha value is -4.30. The molecule has 4 rings (SSSR count). The van der Waals surface area contributed by atoms with E-state index in [0.29, 0.717) is 11.3 Å². The number of nitro benzene ring substituents is 1. The lowest BCUT2D eigenvalue weighted by atomic mass is 9.95. The van der Waals surface area contributed by atoms with Gasteiger partial charge in [0.2, 0.25) is 5.78 Å². The number of quaternary nitrogens is 1. The van der Waals surface area contributed by atoms with Gasteiger partial charge in [-0.15, -0.1) is 0 Å². The standard InChI is InChI=1S/C25H21N3O5/c1-26(2)18-11-13-19(14-12-18)27-22(17-9-6-10-20(15-17)28(32)33)21(24(30)25(27)31)23(29)16-7-4-3-5-8-16/h3-15,22,29H,1-2H3. The van der Waals surface area contributed by atoms with Crippen LogP contribution in [0.2, 0.25) is 0 Å². The van der Waals surface area contributed by atoms with Crippen LogP contribution in [0.3, 0.4) is 0 Å². The van der Waals surface area contributed by atoms with Crippen molar-refractivity contribution in [3.05, 3.63) is 106 Å². The Labute approximate surface area is 190 Å². The van der Waals surface area contributed by atoms with E-state index < -0.39 is 28.4 Å². The summed E-state index contributed by atoms with van der Waals surface area (Å²) in [5, 5.41) is 24.7. The first kappa shape index (κ1) is 21.9. The van der Waals surface area contributed by atoms with Crippen LogP contribution in [0.25, 0.3) is 5.76 Å². The molecule has 1 aliphatic rings. The summed E-state index contributed by atoms with van der Waals surface area (Å²) in [4.78, 5) is 39.4. The van der Waals surface area contributed by atoms with Crippen molar-refractivity contribution in [2.75, 3.05) is 19.0 Å². The molecule has 0 spiro atoms. The summed E-state index contributed by atoms with van der Waals surface area (Å²) in [5.74, 6) is -2.35. The molecule has 0 aromatic heterocycles. The molecule has 166 valence electrons. The van der Waals surface area contributed by atoms with E-state index in [0.717, 1.165) is 10.6 Å². The Kier molecular flexibility index (Phi) is 5.76. The highest BCUT2D eigenvalue weighted by molar-refractivity contribution is 6.51. The predicted octanol–water partition coefficient (Wildman–Crippen LogP) is 1.80. The SMILES string of the molecule is C[NH+](C)c1ccc(N2C(=O)C(=O)C(=C([O-])c3ccccc3)C2c2cccc([N+](=O)[O-])c2)cc1. The molecule has 1 fully saturated rings. The highest BCUT2D eigenvalue weighted by Gasteiger charge is 2.45. The molecule has 3 aromatic rings. The topological polar surface area (TPSA) is 108 Å². The molecule has 33 heavy (non-hydrogen) atoms. The van der Waals surface area contributed by atoms with E-state index in [2.05, 4.69) is 0 Å². The van der Waals surface area contributed by atoms with Gasteiger partial charge in [-0.3, -0.25) is 24.6 Å². The molecule has 1 heterocycles. The normalized spacial score (nSPS) is 17.5. The maximum atomic E-state index is 13.4. The zero-order valence-electron chi connectivity index (χ0n) is 18.0. The number of nitrogens with zero attached hydrogens (tertiary/aromatic N) is 2. The smallest absolute Gasteiger partial charge is 0.299 e. The van der Waals surface area contributed by atoms with E-state index >= 15 is 0 Å². The summed E-state index contributed by atoms with van der Waals surface area (Å²) < 4.78 is 0.